The van der Waals surface area contributed by atoms with E-state index in [9.17, 15) is 0 Å². The summed E-state index contributed by atoms with van der Waals surface area (Å²) in [7, 11) is -0.750. The van der Waals surface area contributed by atoms with Crippen LogP contribution < -0.4 is 0 Å². The second-order valence-electron chi connectivity index (χ2n) is 1.15. The van der Waals surface area contributed by atoms with Gasteiger partial charge in [-0.15, -0.1) is 0 Å². The van der Waals surface area contributed by atoms with Crippen LogP contribution in [0.4, 0.5) is 0 Å². The second kappa shape index (κ2) is 7.48. The molecular weight excluding hydrogens is 351 g/mol. The molecule has 0 atom stereocenters. The normalized spacial score (nSPS) is 8.44. The molecule has 4 heteroatoms. The third-order valence-corrected chi connectivity index (χ3v) is 0.556. The van der Waals surface area contributed by atoms with Gasteiger partial charge < -0.3 is 0 Å². The predicted octanol–water partition coefficient (Wildman–Crippen LogP) is 3.94. The van der Waals surface area contributed by atoms with Gasteiger partial charge in [0, 0.05) is 0 Å². The summed E-state index contributed by atoms with van der Waals surface area (Å²) in [4.78, 5) is 0. The maximum atomic E-state index is 3.25. The van der Waals surface area contributed by atoms with E-state index in [1.54, 1.807) is 0 Å². The number of rotatable bonds is 0. The van der Waals surface area contributed by atoms with Gasteiger partial charge in [0.1, 0.15) is 0 Å². The fourth-order valence-corrected chi connectivity index (χ4v) is 0.321. The number of halogens is 3. The van der Waals surface area contributed by atoms with E-state index >= 15 is 0 Å². The third kappa shape index (κ3) is 12.5. The molecule has 0 aliphatic heterocycles. The molecule has 0 nitrogen and oxygen atoms in total. The Morgan fingerprint density at radius 2 is 1.33 bits per heavy atom. The Bertz CT molecular complexity index is 95.8. The van der Waals surface area contributed by atoms with Crippen LogP contribution in [0.15, 0.2) is 30.3 Å². The molecular formula is C5H5Br3V-. The van der Waals surface area contributed by atoms with E-state index in [4.69, 9.17) is 0 Å². The van der Waals surface area contributed by atoms with Crippen LogP contribution in [0.25, 0.3) is 0 Å². The fraction of sp³-hybridized carbons (Fsp3) is 0. The van der Waals surface area contributed by atoms with Crippen molar-refractivity contribution in [1.82, 2.24) is 0 Å². The van der Waals surface area contributed by atoms with Crippen molar-refractivity contribution < 1.29 is 9.46 Å². The molecule has 0 aromatic heterocycles. The van der Waals surface area contributed by atoms with Crippen molar-refractivity contribution in [2.75, 3.05) is 0 Å². The Balaban J connectivity index is 0.000000148. The quantitative estimate of drug-likeness (QED) is 0.618. The van der Waals surface area contributed by atoms with Crippen LogP contribution in [0, 0.1) is 0 Å². The molecule has 0 heterocycles. The zero-order valence-electron chi connectivity index (χ0n) is 4.47. The van der Waals surface area contributed by atoms with Crippen molar-refractivity contribution in [3.05, 3.63) is 30.3 Å². The summed E-state index contributed by atoms with van der Waals surface area (Å²) in [6.07, 6.45) is 0. The monoisotopic (exact) mass is 353 g/mol. The Morgan fingerprint density at radius 3 is 1.44 bits per heavy atom. The minimum atomic E-state index is -0.750. The Hall–Kier alpha value is 1.37. The van der Waals surface area contributed by atoms with Gasteiger partial charge in [-0.2, -0.15) is 18.2 Å². The molecule has 1 aromatic carbocycles. The summed E-state index contributed by atoms with van der Waals surface area (Å²) >= 11 is 9.75. The van der Waals surface area contributed by atoms with E-state index in [1.807, 2.05) is 30.3 Å². The minimum absolute atomic E-state index is 0.750. The molecule has 0 unspecified atom stereocenters. The molecule has 0 bridgehead atoms. The van der Waals surface area contributed by atoms with Gasteiger partial charge >= 0.3 is 50.9 Å². The molecule has 0 saturated heterocycles. The molecule has 0 radical (unpaired) electrons. The molecule has 0 fully saturated rings. The van der Waals surface area contributed by atoms with Crippen molar-refractivity contribution in [3.8, 4) is 0 Å². The van der Waals surface area contributed by atoms with Crippen LogP contribution in [-0.4, -0.2) is 0 Å². The maximum Gasteiger partial charge on any atom is -0.172 e. The van der Waals surface area contributed by atoms with Gasteiger partial charge in [-0.25, -0.2) is 12.1 Å². The summed E-state index contributed by atoms with van der Waals surface area (Å²) in [6.45, 7) is 0. The summed E-state index contributed by atoms with van der Waals surface area (Å²) in [6, 6.07) is 10.0. The van der Waals surface area contributed by atoms with E-state index in [0.29, 0.717) is 0 Å². The average molecular weight is 356 g/mol. The molecule has 9 heavy (non-hydrogen) atoms. The van der Waals surface area contributed by atoms with Crippen LogP contribution in [0.1, 0.15) is 0 Å². The molecule has 1 rings (SSSR count). The van der Waals surface area contributed by atoms with Crippen molar-refractivity contribution in [3.63, 3.8) is 0 Å². The topological polar surface area (TPSA) is 0 Å². The van der Waals surface area contributed by atoms with E-state index < -0.39 is 9.46 Å². The Labute approximate surface area is 80.4 Å². The van der Waals surface area contributed by atoms with E-state index in [0.717, 1.165) is 0 Å². The fourth-order valence-electron chi connectivity index (χ4n) is 0.321. The van der Waals surface area contributed by atoms with Crippen LogP contribution in [0.2, 0.25) is 0 Å². The molecule has 0 N–H and O–H groups in total. The minimum Gasteiger partial charge on any atom is -0.214 e. The molecule has 0 amide bonds. The van der Waals surface area contributed by atoms with Crippen molar-refractivity contribution in [1.29, 1.82) is 0 Å². The number of hydrogen-bond acceptors (Lipinski definition) is 0. The van der Waals surface area contributed by atoms with Crippen LogP contribution >= 0.6 is 41.4 Å². The molecule has 1 aromatic rings. The van der Waals surface area contributed by atoms with Gasteiger partial charge in [0.05, 0.1) is 0 Å². The zero-order valence-corrected chi connectivity index (χ0v) is 10.6. The van der Waals surface area contributed by atoms with Crippen LogP contribution in [0.3, 0.4) is 0 Å². The van der Waals surface area contributed by atoms with E-state index in [-0.39, 0.29) is 0 Å². The molecule has 0 spiro atoms. The molecule has 0 saturated carbocycles. The Morgan fingerprint density at radius 1 is 1.00 bits per heavy atom. The molecule has 0 aliphatic rings. The third-order valence-electron chi connectivity index (χ3n) is 0.556. The number of hydrogen-bond donors (Lipinski definition) is 0. The molecule has 0 aliphatic carbocycles. The van der Waals surface area contributed by atoms with Crippen LogP contribution in [0.5, 0.6) is 0 Å². The Kier molecular flexibility index (Phi) is 8.62. The van der Waals surface area contributed by atoms with Crippen molar-refractivity contribution in [2.24, 2.45) is 0 Å². The van der Waals surface area contributed by atoms with Crippen LogP contribution in [-0.2, 0) is 9.46 Å². The van der Waals surface area contributed by atoms with Gasteiger partial charge in [0.2, 0.25) is 0 Å². The van der Waals surface area contributed by atoms with Gasteiger partial charge in [-0.1, -0.05) is 0 Å². The summed E-state index contributed by atoms with van der Waals surface area (Å²) in [5.41, 5.74) is 0. The zero-order chi connectivity index (χ0) is 7.11. The van der Waals surface area contributed by atoms with E-state index in [2.05, 4.69) is 41.4 Å². The first-order valence-electron chi connectivity index (χ1n) is 2.17. The summed E-state index contributed by atoms with van der Waals surface area (Å²) < 4.78 is 0. The molecule has 52 valence electrons. The summed E-state index contributed by atoms with van der Waals surface area (Å²) in [5, 5.41) is 0. The average Bonchev–Trinajstić information content (AvgIpc) is 2.11. The van der Waals surface area contributed by atoms with Gasteiger partial charge in [-0.05, 0) is 0 Å². The van der Waals surface area contributed by atoms with Crippen molar-refractivity contribution >= 4 is 41.4 Å². The van der Waals surface area contributed by atoms with Gasteiger partial charge in [0.25, 0.3) is 0 Å². The largest absolute Gasteiger partial charge is 0.214 e. The smallest absolute Gasteiger partial charge is 0.172 e. The van der Waals surface area contributed by atoms with Gasteiger partial charge in [-0.3, -0.25) is 0 Å². The first kappa shape index (κ1) is 10.4. The SMILES string of the molecule is [Br][V]([Br])[Br].c1cc[cH-]c1. The second-order valence-corrected chi connectivity index (χ2v) is 22.3. The first-order chi connectivity index (χ1) is 4.23. The van der Waals surface area contributed by atoms with E-state index in [1.165, 1.54) is 0 Å². The summed E-state index contributed by atoms with van der Waals surface area (Å²) in [5.74, 6) is 0. The standard InChI is InChI=1S/C5H5.3BrH.V/c1-2-4-5-3-1;;;;/h1-5H;3*1H;/q-1;;;;+3/p-3. The first-order valence-corrected chi connectivity index (χ1v) is 12.5. The van der Waals surface area contributed by atoms with Crippen molar-refractivity contribution in [2.45, 2.75) is 0 Å². The predicted molar refractivity (Wildman–Crippen MR) is 48.8 cm³/mol. The maximum absolute atomic E-state index is 3.25. The van der Waals surface area contributed by atoms with Gasteiger partial charge in [0.15, 0.2) is 0 Å².